The third-order valence-corrected chi connectivity index (χ3v) is 5.61. The van der Waals surface area contributed by atoms with Gasteiger partial charge in [0.05, 0.1) is 12.3 Å². The van der Waals surface area contributed by atoms with Gasteiger partial charge in [-0.25, -0.2) is 8.42 Å². The molecule has 0 aliphatic rings. The molecule has 1 aromatic rings. The minimum Gasteiger partial charge on any atom is -0.359 e. The van der Waals surface area contributed by atoms with Crippen LogP contribution in [0.3, 0.4) is 0 Å². The summed E-state index contributed by atoms with van der Waals surface area (Å²) >= 11 is 1.29. The topological polar surface area (TPSA) is 70.6 Å². The van der Waals surface area contributed by atoms with Gasteiger partial charge in [0.2, 0.25) is 0 Å². The number of nitrogens with zero attached hydrogens (tertiary/aromatic N) is 1. The molecule has 1 aromatic heterocycles. The molecule has 0 atom stereocenters. The van der Waals surface area contributed by atoms with Crippen molar-refractivity contribution in [1.82, 2.24) is 10.6 Å². The van der Waals surface area contributed by atoms with Crippen LogP contribution in [-0.2, 0) is 16.4 Å². The SMILES string of the molecule is CCS(=O)(=O)c1ccc(CNC(=NC)NC)s1. The molecule has 0 radical (unpaired) electrons. The molecule has 0 aliphatic heterocycles. The highest BCUT2D eigenvalue weighted by Crippen LogP contribution is 2.22. The van der Waals surface area contributed by atoms with E-state index >= 15 is 0 Å². The molecule has 17 heavy (non-hydrogen) atoms. The lowest BCUT2D eigenvalue weighted by Gasteiger charge is -2.06. The van der Waals surface area contributed by atoms with Crippen LogP contribution in [0.5, 0.6) is 0 Å². The minimum absolute atomic E-state index is 0.137. The van der Waals surface area contributed by atoms with Crippen LogP contribution < -0.4 is 10.6 Å². The summed E-state index contributed by atoms with van der Waals surface area (Å²) in [5.41, 5.74) is 0. The van der Waals surface area contributed by atoms with Gasteiger partial charge in [0.15, 0.2) is 15.8 Å². The predicted molar refractivity (Wildman–Crippen MR) is 71.3 cm³/mol. The van der Waals surface area contributed by atoms with Crippen molar-refractivity contribution in [2.45, 2.75) is 17.7 Å². The first-order valence-corrected chi connectivity index (χ1v) is 7.70. The van der Waals surface area contributed by atoms with E-state index in [1.54, 1.807) is 27.1 Å². The van der Waals surface area contributed by atoms with Crippen molar-refractivity contribution in [2.75, 3.05) is 19.8 Å². The van der Waals surface area contributed by atoms with Gasteiger partial charge in [-0.2, -0.15) is 0 Å². The van der Waals surface area contributed by atoms with E-state index in [4.69, 9.17) is 0 Å². The molecule has 1 heterocycles. The fourth-order valence-corrected chi connectivity index (χ4v) is 3.63. The predicted octanol–water partition coefficient (Wildman–Crippen LogP) is 0.836. The first-order chi connectivity index (χ1) is 8.03. The zero-order chi connectivity index (χ0) is 12.9. The summed E-state index contributed by atoms with van der Waals surface area (Å²) in [4.78, 5) is 4.94. The lowest BCUT2D eigenvalue weighted by molar-refractivity contribution is 0.599. The molecule has 0 bridgehead atoms. The highest BCUT2D eigenvalue weighted by molar-refractivity contribution is 7.93. The van der Waals surface area contributed by atoms with Crippen molar-refractivity contribution in [2.24, 2.45) is 4.99 Å². The second-order valence-electron chi connectivity index (χ2n) is 3.30. The largest absolute Gasteiger partial charge is 0.359 e. The van der Waals surface area contributed by atoms with Crippen LogP contribution >= 0.6 is 11.3 Å². The molecule has 0 saturated heterocycles. The molecule has 96 valence electrons. The standard InChI is InChI=1S/C10H17N3O2S2/c1-4-17(14,15)9-6-5-8(16-9)7-13-10(11-2)12-3/h5-6H,4,7H2,1-3H3,(H2,11,12,13). The minimum atomic E-state index is -3.08. The van der Waals surface area contributed by atoms with Gasteiger partial charge in [-0.3, -0.25) is 4.99 Å². The zero-order valence-electron chi connectivity index (χ0n) is 10.1. The maximum absolute atomic E-state index is 11.6. The molecule has 7 heteroatoms. The van der Waals surface area contributed by atoms with Gasteiger partial charge in [0, 0.05) is 19.0 Å². The first kappa shape index (κ1) is 14.0. The highest BCUT2D eigenvalue weighted by Gasteiger charge is 2.14. The average molecular weight is 275 g/mol. The summed E-state index contributed by atoms with van der Waals surface area (Å²) in [7, 11) is 0.373. The number of hydrogen-bond acceptors (Lipinski definition) is 4. The molecule has 0 spiro atoms. The fourth-order valence-electron chi connectivity index (χ4n) is 1.21. The summed E-state index contributed by atoms with van der Waals surface area (Å²) < 4.78 is 23.7. The number of aliphatic imine (C=N–C) groups is 1. The molecular weight excluding hydrogens is 258 g/mol. The zero-order valence-corrected chi connectivity index (χ0v) is 11.8. The summed E-state index contributed by atoms with van der Waals surface area (Å²) in [6.07, 6.45) is 0. The molecule has 5 nitrogen and oxygen atoms in total. The Labute approximate surface area is 106 Å². The van der Waals surface area contributed by atoms with Gasteiger partial charge in [-0.05, 0) is 12.1 Å². The van der Waals surface area contributed by atoms with E-state index in [0.717, 1.165) is 4.88 Å². The Kier molecular flexibility index (Phi) is 4.95. The number of guanidine groups is 1. The van der Waals surface area contributed by atoms with Gasteiger partial charge >= 0.3 is 0 Å². The Balaban J connectivity index is 2.70. The molecule has 0 saturated carbocycles. The van der Waals surface area contributed by atoms with Gasteiger partial charge in [0.25, 0.3) is 0 Å². The number of thiophene rings is 1. The van der Waals surface area contributed by atoms with Crippen LogP contribution in [0.25, 0.3) is 0 Å². The van der Waals surface area contributed by atoms with Gasteiger partial charge in [0.1, 0.15) is 4.21 Å². The van der Waals surface area contributed by atoms with Gasteiger partial charge in [-0.1, -0.05) is 6.92 Å². The maximum Gasteiger partial charge on any atom is 0.191 e. The summed E-state index contributed by atoms with van der Waals surface area (Å²) in [5, 5.41) is 5.97. The highest BCUT2D eigenvalue weighted by atomic mass is 32.2. The summed E-state index contributed by atoms with van der Waals surface area (Å²) in [6, 6.07) is 3.48. The molecule has 0 aromatic carbocycles. The molecule has 1 rings (SSSR count). The van der Waals surface area contributed by atoms with E-state index in [1.165, 1.54) is 11.3 Å². The Hall–Kier alpha value is -1.08. The lowest BCUT2D eigenvalue weighted by atomic mass is 10.5. The Morgan fingerprint density at radius 3 is 2.71 bits per heavy atom. The molecule has 0 aliphatic carbocycles. The number of hydrogen-bond donors (Lipinski definition) is 2. The van der Waals surface area contributed by atoms with E-state index in [0.29, 0.717) is 16.7 Å². The van der Waals surface area contributed by atoms with Crippen molar-refractivity contribution in [1.29, 1.82) is 0 Å². The molecular formula is C10H17N3O2S2. The average Bonchev–Trinajstić information content (AvgIpc) is 2.80. The van der Waals surface area contributed by atoms with Gasteiger partial charge in [-0.15, -0.1) is 11.3 Å². The van der Waals surface area contributed by atoms with E-state index in [9.17, 15) is 8.42 Å². The van der Waals surface area contributed by atoms with E-state index in [2.05, 4.69) is 15.6 Å². The number of rotatable bonds is 4. The Morgan fingerprint density at radius 1 is 1.47 bits per heavy atom. The lowest BCUT2D eigenvalue weighted by Crippen LogP contribution is -2.33. The number of sulfone groups is 1. The second kappa shape index (κ2) is 6.02. The van der Waals surface area contributed by atoms with Crippen LogP contribution in [0.15, 0.2) is 21.3 Å². The van der Waals surface area contributed by atoms with Crippen LogP contribution in [-0.4, -0.2) is 34.2 Å². The first-order valence-electron chi connectivity index (χ1n) is 5.23. The number of nitrogens with one attached hydrogen (secondary N) is 2. The van der Waals surface area contributed by atoms with Crippen molar-refractivity contribution in [3.8, 4) is 0 Å². The quantitative estimate of drug-likeness (QED) is 0.631. The van der Waals surface area contributed by atoms with Crippen LogP contribution in [0.1, 0.15) is 11.8 Å². The van der Waals surface area contributed by atoms with Crippen LogP contribution in [0, 0.1) is 0 Å². The summed E-state index contributed by atoms with van der Waals surface area (Å²) in [6.45, 7) is 2.22. The molecule has 0 amide bonds. The van der Waals surface area contributed by atoms with Crippen molar-refractivity contribution in [3.63, 3.8) is 0 Å². The second-order valence-corrected chi connectivity index (χ2v) is 6.97. The van der Waals surface area contributed by atoms with E-state index in [1.807, 2.05) is 6.07 Å². The monoisotopic (exact) mass is 275 g/mol. The normalized spacial score (nSPS) is 12.5. The van der Waals surface area contributed by atoms with Gasteiger partial charge < -0.3 is 10.6 Å². The van der Waals surface area contributed by atoms with E-state index < -0.39 is 9.84 Å². The molecule has 0 fully saturated rings. The third kappa shape index (κ3) is 3.71. The Bertz CT molecular complexity index is 491. The van der Waals surface area contributed by atoms with Crippen molar-refractivity contribution >= 4 is 27.1 Å². The third-order valence-electron chi connectivity index (χ3n) is 2.21. The smallest absolute Gasteiger partial charge is 0.191 e. The Morgan fingerprint density at radius 2 is 2.18 bits per heavy atom. The van der Waals surface area contributed by atoms with Crippen LogP contribution in [0.4, 0.5) is 0 Å². The maximum atomic E-state index is 11.6. The van der Waals surface area contributed by atoms with Crippen molar-refractivity contribution < 1.29 is 8.42 Å². The summed E-state index contributed by atoms with van der Waals surface area (Å²) in [5.74, 6) is 0.816. The van der Waals surface area contributed by atoms with E-state index in [-0.39, 0.29) is 5.75 Å². The van der Waals surface area contributed by atoms with Crippen LogP contribution in [0.2, 0.25) is 0 Å². The van der Waals surface area contributed by atoms with Crippen molar-refractivity contribution in [3.05, 3.63) is 17.0 Å². The molecule has 2 N–H and O–H groups in total. The molecule has 0 unspecified atom stereocenters. The fraction of sp³-hybridized carbons (Fsp3) is 0.500.